The quantitative estimate of drug-likeness (QED) is 0.402. The maximum atomic E-state index is 13.8. The molecule has 2 aliphatic rings. The summed E-state index contributed by atoms with van der Waals surface area (Å²) in [6.07, 6.45) is 2.81. The first-order valence-corrected chi connectivity index (χ1v) is 14.4. The third kappa shape index (κ3) is 6.11. The highest BCUT2D eigenvalue weighted by molar-refractivity contribution is 6.62. The van der Waals surface area contributed by atoms with Gasteiger partial charge < -0.3 is 24.3 Å². The van der Waals surface area contributed by atoms with E-state index in [1.807, 2.05) is 97.0 Å². The van der Waals surface area contributed by atoms with Gasteiger partial charge in [0.2, 0.25) is 0 Å². The number of carbonyl (C=O) groups excluding carboxylic acids is 2. The molecule has 2 saturated heterocycles. The molecular formula is C32H40BN3O5. The summed E-state index contributed by atoms with van der Waals surface area (Å²) < 4.78 is 18.2. The Morgan fingerprint density at radius 2 is 1.66 bits per heavy atom. The smallest absolute Gasteiger partial charge is 0.444 e. The van der Waals surface area contributed by atoms with Gasteiger partial charge in [0.15, 0.2) is 0 Å². The molecule has 0 bridgehead atoms. The summed E-state index contributed by atoms with van der Waals surface area (Å²) >= 11 is 0. The number of amides is 2. The topological polar surface area (TPSA) is 90.0 Å². The van der Waals surface area contributed by atoms with Crippen molar-refractivity contribution in [2.24, 2.45) is 0 Å². The average Bonchev–Trinajstić information content (AvgIpc) is 3.14. The number of rotatable bonds is 4. The van der Waals surface area contributed by atoms with Crippen molar-refractivity contribution in [3.05, 3.63) is 65.9 Å². The number of hydrogen-bond acceptors (Lipinski definition) is 6. The number of nitrogens with one attached hydrogen (secondary N) is 1. The highest BCUT2D eigenvalue weighted by Gasteiger charge is 2.52. The van der Waals surface area contributed by atoms with Gasteiger partial charge in [0.05, 0.1) is 11.2 Å². The number of nitrogens with zero attached hydrogens (tertiary/aromatic N) is 2. The van der Waals surface area contributed by atoms with E-state index in [0.717, 1.165) is 21.8 Å². The van der Waals surface area contributed by atoms with Gasteiger partial charge >= 0.3 is 13.2 Å². The molecule has 2 amide bonds. The van der Waals surface area contributed by atoms with Gasteiger partial charge in [0, 0.05) is 30.2 Å². The number of benzene rings is 2. The second kappa shape index (κ2) is 10.8. The number of piperidine rings is 1. The molecule has 0 unspecified atom stereocenters. The highest BCUT2D eigenvalue weighted by Crippen LogP contribution is 2.37. The van der Waals surface area contributed by atoms with E-state index >= 15 is 0 Å². The Morgan fingerprint density at radius 3 is 2.32 bits per heavy atom. The van der Waals surface area contributed by atoms with Crippen molar-refractivity contribution in [3.8, 4) is 0 Å². The summed E-state index contributed by atoms with van der Waals surface area (Å²) in [5.41, 5.74) is 0.855. The van der Waals surface area contributed by atoms with Crippen LogP contribution in [0.1, 0.15) is 83.1 Å². The van der Waals surface area contributed by atoms with E-state index in [0.29, 0.717) is 37.3 Å². The van der Waals surface area contributed by atoms with E-state index in [2.05, 4.69) is 10.3 Å². The molecule has 2 aromatic carbocycles. The number of likely N-dealkylation sites (tertiary alicyclic amines) is 1. The molecular weight excluding hydrogens is 517 g/mol. The largest absolute Gasteiger partial charge is 0.494 e. The van der Waals surface area contributed by atoms with Crippen LogP contribution in [0.2, 0.25) is 0 Å². The standard InChI is InChI=1S/C32H40BN3O5/c1-30(2,3)39-29(38)36-18-15-22(16-19-36)26-20-23(33-40-31(4,5)32(6,7)41-33)12-13-25(26)28(37)35-27-24-11-9-8-10-21(24)14-17-34-27/h8-14,17,20,22H,15-16,18-19H2,1-7H3,(H,34,35,37). The molecule has 0 aliphatic carbocycles. The van der Waals surface area contributed by atoms with Crippen molar-refractivity contribution in [2.45, 2.75) is 84.0 Å². The predicted molar refractivity (Wildman–Crippen MR) is 162 cm³/mol. The van der Waals surface area contributed by atoms with E-state index in [9.17, 15) is 9.59 Å². The lowest BCUT2D eigenvalue weighted by molar-refractivity contribution is 0.00578. The number of carbonyl (C=O) groups is 2. The number of aromatic nitrogens is 1. The second-order valence-electron chi connectivity index (χ2n) is 13.0. The zero-order chi connectivity index (χ0) is 29.6. The van der Waals surface area contributed by atoms with Crippen LogP contribution in [0, 0.1) is 0 Å². The minimum atomic E-state index is -0.550. The number of pyridine rings is 1. The molecule has 2 fully saturated rings. The molecule has 3 aromatic rings. The zero-order valence-corrected chi connectivity index (χ0v) is 25.1. The van der Waals surface area contributed by atoms with Crippen LogP contribution in [0.4, 0.5) is 10.6 Å². The Bertz CT molecular complexity index is 1440. The Morgan fingerprint density at radius 1 is 1.00 bits per heavy atom. The molecule has 0 radical (unpaired) electrons. The average molecular weight is 558 g/mol. The van der Waals surface area contributed by atoms with Crippen LogP contribution in [-0.4, -0.2) is 58.9 Å². The molecule has 0 atom stereocenters. The van der Waals surface area contributed by atoms with Crippen molar-refractivity contribution in [2.75, 3.05) is 18.4 Å². The predicted octanol–water partition coefficient (Wildman–Crippen LogP) is 5.90. The van der Waals surface area contributed by atoms with Gasteiger partial charge in [-0.2, -0.15) is 0 Å². The van der Waals surface area contributed by atoms with Crippen LogP contribution >= 0.6 is 0 Å². The highest BCUT2D eigenvalue weighted by atomic mass is 16.7. The lowest BCUT2D eigenvalue weighted by atomic mass is 9.75. The van der Waals surface area contributed by atoms with Crippen molar-refractivity contribution < 1.29 is 23.6 Å². The summed E-state index contributed by atoms with van der Waals surface area (Å²) in [5, 5.41) is 4.93. The van der Waals surface area contributed by atoms with Crippen molar-refractivity contribution in [1.29, 1.82) is 0 Å². The third-order valence-electron chi connectivity index (χ3n) is 8.34. The number of ether oxygens (including phenoxy) is 1. The number of fused-ring (bicyclic) bond motifs is 1. The van der Waals surface area contributed by atoms with Gasteiger partial charge in [0.1, 0.15) is 11.4 Å². The number of anilines is 1. The van der Waals surface area contributed by atoms with Crippen molar-refractivity contribution in [1.82, 2.24) is 9.88 Å². The maximum absolute atomic E-state index is 13.8. The van der Waals surface area contributed by atoms with Crippen LogP contribution < -0.4 is 10.8 Å². The van der Waals surface area contributed by atoms with E-state index in [1.165, 1.54) is 0 Å². The van der Waals surface area contributed by atoms with E-state index in [-0.39, 0.29) is 17.9 Å². The number of hydrogen-bond donors (Lipinski definition) is 1. The molecule has 216 valence electrons. The van der Waals surface area contributed by atoms with Crippen molar-refractivity contribution in [3.63, 3.8) is 0 Å². The normalized spacial score (nSPS) is 18.9. The first-order valence-electron chi connectivity index (χ1n) is 14.4. The lowest BCUT2D eigenvalue weighted by Gasteiger charge is -2.34. The third-order valence-corrected chi connectivity index (χ3v) is 8.34. The fourth-order valence-corrected chi connectivity index (χ4v) is 5.35. The summed E-state index contributed by atoms with van der Waals surface area (Å²) in [6.45, 7) is 14.8. The van der Waals surface area contributed by atoms with Crippen LogP contribution in [0.25, 0.3) is 10.8 Å². The van der Waals surface area contributed by atoms with Crippen molar-refractivity contribution >= 4 is 41.2 Å². The van der Waals surface area contributed by atoms with E-state index in [1.54, 1.807) is 11.1 Å². The Hall–Kier alpha value is -3.43. The molecule has 8 nitrogen and oxygen atoms in total. The molecule has 2 aliphatic heterocycles. The molecule has 0 spiro atoms. The fraction of sp³-hybridized carbons (Fsp3) is 0.469. The molecule has 1 aromatic heterocycles. The fourth-order valence-electron chi connectivity index (χ4n) is 5.35. The Kier molecular flexibility index (Phi) is 7.64. The summed E-state index contributed by atoms with van der Waals surface area (Å²) in [5.74, 6) is 0.366. The van der Waals surface area contributed by atoms with Crippen LogP contribution in [0.3, 0.4) is 0 Å². The molecule has 0 saturated carbocycles. The van der Waals surface area contributed by atoms with Gasteiger partial charge in [-0.15, -0.1) is 0 Å². The first-order chi connectivity index (χ1) is 19.2. The van der Waals surface area contributed by atoms with E-state index < -0.39 is 23.9 Å². The first kappa shape index (κ1) is 29.1. The second-order valence-corrected chi connectivity index (χ2v) is 13.0. The molecule has 41 heavy (non-hydrogen) atoms. The lowest BCUT2D eigenvalue weighted by Crippen LogP contribution is -2.41. The molecule has 5 rings (SSSR count). The SMILES string of the molecule is CC(C)(C)OC(=O)N1CCC(c2cc(B3OC(C)(C)C(C)(C)O3)ccc2C(=O)Nc2nccc3ccccc23)CC1. The summed E-state index contributed by atoms with van der Waals surface area (Å²) in [6, 6.07) is 15.6. The monoisotopic (exact) mass is 557 g/mol. The maximum Gasteiger partial charge on any atom is 0.494 e. The molecule has 1 N–H and O–H groups in total. The molecule has 9 heteroatoms. The van der Waals surface area contributed by atoms with Crippen LogP contribution in [0.15, 0.2) is 54.7 Å². The molecule has 3 heterocycles. The van der Waals surface area contributed by atoms with E-state index in [4.69, 9.17) is 14.0 Å². The van der Waals surface area contributed by atoms with Gasteiger partial charge in [-0.3, -0.25) is 4.79 Å². The Balaban J connectivity index is 1.44. The van der Waals surface area contributed by atoms with Crippen LogP contribution in [0.5, 0.6) is 0 Å². The summed E-state index contributed by atoms with van der Waals surface area (Å²) in [7, 11) is -0.544. The summed E-state index contributed by atoms with van der Waals surface area (Å²) in [4.78, 5) is 32.7. The Labute approximate surface area is 242 Å². The van der Waals surface area contributed by atoms with Gasteiger partial charge in [-0.1, -0.05) is 36.4 Å². The van der Waals surface area contributed by atoms with Gasteiger partial charge in [-0.05, 0) is 95.8 Å². The van der Waals surface area contributed by atoms with Gasteiger partial charge in [0.25, 0.3) is 5.91 Å². The van der Waals surface area contributed by atoms with Gasteiger partial charge in [-0.25, -0.2) is 9.78 Å². The zero-order valence-electron chi connectivity index (χ0n) is 25.1. The minimum Gasteiger partial charge on any atom is -0.444 e. The minimum absolute atomic E-state index is 0.0669. The van der Waals surface area contributed by atoms with Crippen LogP contribution in [-0.2, 0) is 14.0 Å².